The number of hydrogen-bond donors (Lipinski definition) is 2. The Morgan fingerprint density at radius 3 is 3.00 bits per heavy atom. The number of para-hydroxylation sites is 1. The van der Waals surface area contributed by atoms with Gasteiger partial charge < -0.3 is 20.4 Å². The van der Waals surface area contributed by atoms with Gasteiger partial charge in [0.15, 0.2) is 0 Å². The lowest BCUT2D eigenvalue weighted by molar-refractivity contribution is 0.342. The van der Waals surface area contributed by atoms with Crippen LogP contribution in [0.1, 0.15) is 13.8 Å². The molecule has 0 aliphatic heterocycles. The maximum Gasteiger partial charge on any atom is 0.144 e. The van der Waals surface area contributed by atoms with E-state index in [1.165, 1.54) is 0 Å². The van der Waals surface area contributed by atoms with Crippen LogP contribution in [0.4, 0.5) is 11.4 Å². The summed E-state index contributed by atoms with van der Waals surface area (Å²) in [5.74, 6) is 0.724. The van der Waals surface area contributed by atoms with Crippen molar-refractivity contribution in [1.29, 1.82) is 0 Å². The lowest BCUT2D eigenvalue weighted by Gasteiger charge is -2.18. The molecule has 0 fully saturated rings. The first kappa shape index (κ1) is 13.3. The van der Waals surface area contributed by atoms with Crippen molar-refractivity contribution in [1.82, 2.24) is 9.55 Å². The van der Waals surface area contributed by atoms with E-state index in [-0.39, 0.29) is 6.04 Å². The molecule has 0 radical (unpaired) electrons. The van der Waals surface area contributed by atoms with Gasteiger partial charge in [0.2, 0.25) is 0 Å². The molecule has 0 bridgehead atoms. The van der Waals surface area contributed by atoms with E-state index in [1.807, 2.05) is 35.9 Å². The van der Waals surface area contributed by atoms with Crippen molar-refractivity contribution in [2.45, 2.75) is 26.4 Å². The number of nitrogens with one attached hydrogen (secondary N) is 1. The van der Waals surface area contributed by atoms with Crippen molar-refractivity contribution in [2.75, 3.05) is 17.7 Å². The molecule has 19 heavy (non-hydrogen) atoms. The van der Waals surface area contributed by atoms with Crippen molar-refractivity contribution in [3.05, 3.63) is 36.9 Å². The minimum Gasteiger partial charge on any atom is -0.492 e. The van der Waals surface area contributed by atoms with Crippen LogP contribution in [-0.4, -0.2) is 22.2 Å². The van der Waals surface area contributed by atoms with Gasteiger partial charge in [-0.25, -0.2) is 4.98 Å². The van der Waals surface area contributed by atoms with E-state index in [4.69, 9.17) is 10.5 Å². The van der Waals surface area contributed by atoms with Gasteiger partial charge in [-0.05, 0) is 26.0 Å². The Kier molecular flexibility index (Phi) is 4.28. The number of benzene rings is 1. The van der Waals surface area contributed by atoms with E-state index < -0.39 is 0 Å². The SMILES string of the molecule is CCOc1cccc(NC(C)Cn2ccnc2)c1N. The zero-order chi connectivity index (χ0) is 13.7. The van der Waals surface area contributed by atoms with Crippen LogP contribution in [0, 0.1) is 0 Å². The molecular formula is C14H20N4O. The van der Waals surface area contributed by atoms with Gasteiger partial charge in [0, 0.05) is 25.0 Å². The number of ether oxygens (including phenoxy) is 1. The Labute approximate surface area is 113 Å². The quantitative estimate of drug-likeness (QED) is 0.783. The molecule has 1 aromatic heterocycles. The number of nitrogens with two attached hydrogens (primary N) is 1. The third-order valence-electron chi connectivity index (χ3n) is 2.81. The molecule has 2 aromatic rings. The Balaban J connectivity index is 2.04. The molecule has 5 heteroatoms. The van der Waals surface area contributed by atoms with E-state index in [0.29, 0.717) is 12.3 Å². The van der Waals surface area contributed by atoms with Crippen molar-refractivity contribution < 1.29 is 4.74 Å². The van der Waals surface area contributed by atoms with Crippen LogP contribution in [-0.2, 0) is 6.54 Å². The molecular weight excluding hydrogens is 240 g/mol. The predicted molar refractivity (Wildman–Crippen MR) is 77.3 cm³/mol. The second-order valence-electron chi connectivity index (χ2n) is 4.46. The van der Waals surface area contributed by atoms with Crippen molar-refractivity contribution in [3.63, 3.8) is 0 Å². The fourth-order valence-corrected chi connectivity index (χ4v) is 1.97. The fraction of sp³-hybridized carbons (Fsp3) is 0.357. The molecule has 0 amide bonds. The molecule has 0 spiro atoms. The summed E-state index contributed by atoms with van der Waals surface area (Å²) in [5, 5.41) is 3.39. The summed E-state index contributed by atoms with van der Waals surface area (Å²) in [7, 11) is 0. The molecule has 2 rings (SSSR count). The van der Waals surface area contributed by atoms with Gasteiger partial charge in [-0.3, -0.25) is 0 Å². The highest BCUT2D eigenvalue weighted by molar-refractivity contribution is 5.73. The summed E-state index contributed by atoms with van der Waals surface area (Å²) in [6.45, 7) is 5.49. The van der Waals surface area contributed by atoms with E-state index in [1.54, 1.807) is 12.5 Å². The maximum atomic E-state index is 6.08. The zero-order valence-electron chi connectivity index (χ0n) is 11.3. The van der Waals surface area contributed by atoms with Crippen molar-refractivity contribution in [3.8, 4) is 5.75 Å². The van der Waals surface area contributed by atoms with Crippen LogP contribution in [0.25, 0.3) is 0 Å². The van der Waals surface area contributed by atoms with Crippen LogP contribution in [0.15, 0.2) is 36.9 Å². The molecule has 1 atom stereocenters. The first-order chi connectivity index (χ1) is 9.20. The average Bonchev–Trinajstić information content (AvgIpc) is 2.87. The number of nitrogen functional groups attached to an aromatic ring is 1. The standard InChI is InChI=1S/C14H20N4O/c1-3-19-13-6-4-5-12(14(13)15)17-11(2)9-18-8-7-16-10-18/h4-8,10-11,17H,3,9,15H2,1-2H3. The van der Waals surface area contributed by atoms with Gasteiger partial charge in [-0.1, -0.05) is 6.07 Å². The number of aromatic nitrogens is 2. The van der Waals surface area contributed by atoms with Crippen LogP contribution < -0.4 is 15.8 Å². The second kappa shape index (κ2) is 6.13. The van der Waals surface area contributed by atoms with Crippen molar-refractivity contribution >= 4 is 11.4 Å². The Hall–Kier alpha value is -2.17. The average molecular weight is 260 g/mol. The van der Waals surface area contributed by atoms with Crippen LogP contribution in [0.3, 0.4) is 0 Å². The highest BCUT2D eigenvalue weighted by atomic mass is 16.5. The molecule has 1 heterocycles. The lowest BCUT2D eigenvalue weighted by atomic mass is 10.2. The monoisotopic (exact) mass is 260 g/mol. The number of nitrogens with zero attached hydrogens (tertiary/aromatic N) is 2. The zero-order valence-corrected chi connectivity index (χ0v) is 11.3. The number of anilines is 2. The van der Waals surface area contributed by atoms with Gasteiger partial charge in [-0.15, -0.1) is 0 Å². The van der Waals surface area contributed by atoms with Crippen molar-refractivity contribution in [2.24, 2.45) is 0 Å². The highest BCUT2D eigenvalue weighted by Gasteiger charge is 2.08. The number of imidazole rings is 1. The summed E-state index contributed by atoms with van der Waals surface area (Å²) >= 11 is 0. The molecule has 0 aliphatic rings. The maximum absolute atomic E-state index is 6.08. The van der Waals surface area contributed by atoms with E-state index >= 15 is 0 Å². The summed E-state index contributed by atoms with van der Waals surface area (Å²) in [6.07, 6.45) is 5.52. The highest BCUT2D eigenvalue weighted by Crippen LogP contribution is 2.29. The van der Waals surface area contributed by atoms with Crippen LogP contribution >= 0.6 is 0 Å². The normalized spacial score (nSPS) is 12.1. The first-order valence-electron chi connectivity index (χ1n) is 6.44. The fourth-order valence-electron chi connectivity index (χ4n) is 1.97. The van der Waals surface area contributed by atoms with Gasteiger partial charge in [0.25, 0.3) is 0 Å². The van der Waals surface area contributed by atoms with Gasteiger partial charge in [0.05, 0.1) is 24.3 Å². The third-order valence-corrected chi connectivity index (χ3v) is 2.81. The Morgan fingerprint density at radius 2 is 2.32 bits per heavy atom. The van der Waals surface area contributed by atoms with Gasteiger partial charge in [-0.2, -0.15) is 0 Å². The van der Waals surface area contributed by atoms with Crippen LogP contribution in [0.5, 0.6) is 5.75 Å². The molecule has 1 unspecified atom stereocenters. The largest absolute Gasteiger partial charge is 0.492 e. The van der Waals surface area contributed by atoms with E-state index in [0.717, 1.165) is 18.0 Å². The Morgan fingerprint density at radius 1 is 1.47 bits per heavy atom. The van der Waals surface area contributed by atoms with Crippen LogP contribution in [0.2, 0.25) is 0 Å². The second-order valence-corrected chi connectivity index (χ2v) is 4.46. The Bertz CT molecular complexity index is 510. The molecule has 1 aromatic carbocycles. The summed E-state index contributed by atoms with van der Waals surface area (Å²) in [4.78, 5) is 4.03. The minimum atomic E-state index is 0.244. The number of rotatable bonds is 6. The first-order valence-corrected chi connectivity index (χ1v) is 6.44. The van der Waals surface area contributed by atoms with E-state index in [2.05, 4.69) is 17.2 Å². The third kappa shape index (κ3) is 3.40. The summed E-state index contributed by atoms with van der Waals surface area (Å²) < 4.78 is 7.51. The van der Waals surface area contributed by atoms with E-state index in [9.17, 15) is 0 Å². The molecule has 0 aliphatic carbocycles. The predicted octanol–water partition coefficient (Wildman–Crippen LogP) is 2.36. The van der Waals surface area contributed by atoms with Gasteiger partial charge >= 0.3 is 0 Å². The topological polar surface area (TPSA) is 65.1 Å². The molecule has 3 N–H and O–H groups in total. The molecule has 0 saturated heterocycles. The number of hydrogen-bond acceptors (Lipinski definition) is 4. The molecule has 0 saturated carbocycles. The summed E-state index contributed by atoms with van der Waals surface area (Å²) in [5.41, 5.74) is 7.64. The van der Waals surface area contributed by atoms with Gasteiger partial charge in [0.1, 0.15) is 5.75 Å². The molecule has 5 nitrogen and oxygen atoms in total. The lowest BCUT2D eigenvalue weighted by Crippen LogP contribution is -2.22. The summed E-state index contributed by atoms with van der Waals surface area (Å²) in [6, 6.07) is 6.02. The minimum absolute atomic E-state index is 0.244. The molecule has 102 valence electrons. The smallest absolute Gasteiger partial charge is 0.144 e.